The summed E-state index contributed by atoms with van der Waals surface area (Å²) in [6, 6.07) is 0. The molecule has 0 N–H and O–H groups in total. The van der Waals surface area contributed by atoms with E-state index >= 15 is 0 Å². The molecule has 164 valence electrons. The summed E-state index contributed by atoms with van der Waals surface area (Å²) >= 11 is 0.596. The predicted octanol–water partition coefficient (Wildman–Crippen LogP) is 1.04. The Bertz CT molecular complexity index is 493. The summed E-state index contributed by atoms with van der Waals surface area (Å²) in [4.78, 5) is 25.5. The summed E-state index contributed by atoms with van der Waals surface area (Å²) < 4.78 is 14.3. The van der Waals surface area contributed by atoms with Gasteiger partial charge in [0.15, 0.2) is 4.75 Å². The number of hydrogen-bond acceptors (Lipinski definition) is 8. The van der Waals surface area contributed by atoms with Gasteiger partial charge in [-0.3, -0.25) is 14.6 Å². The Morgan fingerprint density at radius 1 is 1.21 bits per heavy atom. The van der Waals surface area contributed by atoms with Gasteiger partial charge in [0, 0.05) is 5.41 Å². The molecule has 0 spiro atoms. The third kappa shape index (κ3) is 7.66. The number of hydrogen-bond donors (Lipinski definition) is 0. The van der Waals surface area contributed by atoms with Crippen molar-refractivity contribution in [3.8, 4) is 0 Å². The van der Waals surface area contributed by atoms with Crippen LogP contribution in [0.15, 0.2) is 0 Å². The van der Waals surface area contributed by atoms with E-state index in [2.05, 4.69) is 23.2 Å². The third-order valence-corrected chi connectivity index (χ3v) is 6.98. The molecule has 0 saturated carbocycles. The van der Waals surface area contributed by atoms with Crippen LogP contribution in [0.25, 0.3) is 0 Å². The standard InChI is InChI=1S/C20H36O7S.Na/c1-5-9-11-12-16(7-3)25-17(21)14-20(28-27-26-23)18(22)24-15-19(20,8-4)13-10-6-2;/h16,23H,5-15H2,1-4H3;/q;+1/p-1. The maximum Gasteiger partial charge on any atom is 1.00 e. The molecule has 0 bridgehead atoms. The van der Waals surface area contributed by atoms with Gasteiger partial charge >= 0.3 is 41.5 Å². The molecule has 3 unspecified atom stereocenters. The fraction of sp³-hybridized carbons (Fsp3) is 0.900. The average Bonchev–Trinajstić information content (AvgIpc) is 2.96. The molecule has 0 aromatic carbocycles. The molecule has 9 heteroatoms. The molecule has 3 atom stereocenters. The van der Waals surface area contributed by atoms with Crippen LogP contribution in [0.4, 0.5) is 0 Å². The van der Waals surface area contributed by atoms with Gasteiger partial charge in [-0.2, -0.15) is 4.33 Å². The molecule has 7 nitrogen and oxygen atoms in total. The molecule has 0 amide bonds. The van der Waals surface area contributed by atoms with E-state index in [1.54, 1.807) is 0 Å². The Morgan fingerprint density at radius 2 is 1.90 bits per heavy atom. The van der Waals surface area contributed by atoms with Gasteiger partial charge in [0.05, 0.1) is 25.1 Å². The molecule has 0 aromatic rings. The number of ether oxygens (including phenoxy) is 2. The maximum absolute atomic E-state index is 12.8. The van der Waals surface area contributed by atoms with E-state index in [-0.39, 0.29) is 48.7 Å². The first kappa shape index (κ1) is 29.2. The zero-order valence-corrected chi connectivity index (χ0v) is 21.4. The van der Waals surface area contributed by atoms with Crippen molar-refractivity contribution in [2.24, 2.45) is 5.41 Å². The molecule has 1 aliphatic heterocycles. The van der Waals surface area contributed by atoms with Crippen LogP contribution in [-0.2, 0) is 28.4 Å². The minimum Gasteiger partial charge on any atom is -0.691 e. The zero-order chi connectivity index (χ0) is 21.0. The van der Waals surface area contributed by atoms with Crippen LogP contribution >= 0.6 is 12.0 Å². The molecule has 0 radical (unpaired) electrons. The maximum atomic E-state index is 12.8. The first-order valence-electron chi connectivity index (χ1n) is 10.5. The van der Waals surface area contributed by atoms with E-state index in [1.807, 2.05) is 13.8 Å². The van der Waals surface area contributed by atoms with E-state index in [9.17, 15) is 14.8 Å². The van der Waals surface area contributed by atoms with Gasteiger partial charge in [-0.25, -0.2) is 0 Å². The second-order valence-electron chi connectivity index (χ2n) is 7.55. The van der Waals surface area contributed by atoms with Crippen molar-refractivity contribution < 1.29 is 63.2 Å². The van der Waals surface area contributed by atoms with Crippen molar-refractivity contribution in [2.45, 2.75) is 103 Å². The molecule has 1 aliphatic rings. The minimum atomic E-state index is -1.35. The zero-order valence-electron chi connectivity index (χ0n) is 18.6. The minimum absolute atomic E-state index is 0. The van der Waals surface area contributed by atoms with Gasteiger partial charge < -0.3 is 14.7 Å². The summed E-state index contributed by atoms with van der Waals surface area (Å²) in [6.07, 6.45) is 7.41. The Kier molecular flexibility index (Phi) is 15.1. The van der Waals surface area contributed by atoms with Crippen LogP contribution in [0.2, 0.25) is 0 Å². The van der Waals surface area contributed by atoms with Crippen molar-refractivity contribution in [1.82, 2.24) is 0 Å². The molecule has 1 heterocycles. The van der Waals surface area contributed by atoms with Gasteiger partial charge in [-0.05, 0) is 32.1 Å². The van der Waals surface area contributed by atoms with Crippen molar-refractivity contribution in [2.75, 3.05) is 6.61 Å². The SMILES string of the molecule is CCCCCC(CC)OC(=O)CC1(SOO[O-])C(=O)OCC1(CC)CCCC.[Na+]. The Balaban J connectivity index is 0.00000784. The van der Waals surface area contributed by atoms with Crippen LogP contribution in [0, 0.1) is 5.41 Å². The monoisotopic (exact) mass is 442 g/mol. The molecule has 0 aliphatic carbocycles. The summed E-state index contributed by atoms with van der Waals surface area (Å²) in [5.74, 6) is -1.03. The molecule has 1 rings (SSSR count). The predicted molar refractivity (Wildman–Crippen MR) is 105 cm³/mol. The van der Waals surface area contributed by atoms with Crippen molar-refractivity contribution >= 4 is 24.0 Å². The fourth-order valence-electron chi connectivity index (χ4n) is 3.89. The van der Waals surface area contributed by atoms with Crippen molar-refractivity contribution in [3.63, 3.8) is 0 Å². The Hall–Kier alpha value is 0.170. The van der Waals surface area contributed by atoms with E-state index < -0.39 is 22.1 Å². The van der Waals surface area contributed by atoms with Crippen LogP contribution < -0.4 is 34.8 Å². The van der Waals surface area contributed by atoms with E-state index in [0.717, 1.165) is 44.9 Å². The van der Waals surface area contributed by atoms with Crippen LogP contribution in [0.1, 0.15) is 91.9 Å². The van der Waals surface area contributed by atoms with Gasteiger partial charge in [-0.1, -0.05) is 53.4 Å². The largest absolute Gasteiger partial charge is 1.00 e. The summed E-state index contributed by atoms with van der Waals surface area (Å²) in [5.41, 5.74) is -0.619. The average molecular weight is 443 g/mol. The van der Waals surface area contributed by atoms with E-state index in [0.29, 0.717) is 24.9 Å². The molecular formula is C20H35NaO7S. The molecule has 0 aromatic heterocycles. The third-order valence-electron chi connectivity index (χ3n) is 5.83. The summed E-state index contributed by atoms with van der Waals surface area (Å²) in [6.45, 7) is 8.31. The van der Waals surface area contributed by atoms with E-state index in [4.69, 9.17) is 9.47 Å². The molecule has 1 fully saturated rings. The molecule has 1 saturated heterocycles. The van der Waals surface area contributed by atoms with Gasteiger partial charge in [0.2, 0.25) is 0 Å². The van der Waals surface area contributed by atoms with Crippen molar-refractivity contribution in [3.05, 3.63) is 0 Å². The second kappa shape index (κ2) is 15.1. The summed E-state index contributed by atoms with van der Waals surface area (Å²) in [5, 5.41) is 14.0. The number of esters is 2. The first-order chi connectivity index (χ1) is 13.4. The number of carbonyl (C=O) groups excluding carboxylic acids is 2. The first-order valence-corrected chi connectivity index (χ1v) is 11.2. The van der Waals surface area contributed by atoms with Crippen molar-refractivity contribution in [1.29, 1.82) is 0 Å². The Morgan fingerprint density at radius 3 is 2.45 bits per heavy atom. The van der Waals surface area contributed by atoms with Gasteiger partial charge in [0.1, 0.15) is 6.10 Å². The molecular weight excluding hydrogens is 407 g/mol. The number of carbonyl (C=O) groups is 2. The van der Waals surface area contributed by atoms with Gasteiger partial charge in [-0.15, -0.1) is 0 Å². The second-order valence-corrected chi connectivity index (χ2v) is 8.55. The van der Waals surface area contributed by atoms with E-state index in [1.165, 1.54) is 0 Å². The van der Waals surface area contributed by atoms with Crippen LogP contribution in [0.3, 0.4) is 0 Å². The number of rotatable bonds is 15. The number of unbranched alkanes of at least 4 members (excludes halogenated alkanes) is 3. The molecule has 29 heavy (non-hydrogen) atoms. The smallest absolute Gasteiger partial charge is 0.691 e. The normalized spacial score (nSPS) is 24.7. The van der Waals surface area contributed by atoms with Gasteiger partial charge in [0.25, 0.3) is 0 Å². The Labute approximate surface area is 201 Å². The van der Waals surface area contributed by atoms with Crippen LogP contribution in [-0.4, -0.2) is 29.4 Å². The fourth-order valence-corrected chi connectivity index (χ4v) is 4.82. The quantitative estimate of drug-likeness (QED) is 0.0927. The summed E-state index contributed by atoms with van der Waals surface area (Å²) in [7, 11) is 0. The van der Waals surface area contributed by atoms with Crippen LogP contribution in [0.5, 0.6) is 0 Å². The topological polar surface area (TPSA) is 94.1 Å². The number of cyclic esters (lactones) is 1.